The van der Waals surface area contributed by atoms with E-state index in [1.807, 2.05) is 18.4 Å². The first-order chi connectivity index (χ1) is 20.9. The maximum atomic E-state index is 11.9. The van der Waals surface area contributed by atoms with Gasteiger partial charge >= 0.3 is 12.1 Å². The van der Waals surface area contributed by atoms with E-state index in [0.717, 1.165) is 23.1 Å². The fourth-order valence-electron chi connectivity index (χ4n) is 3.38. The van der Waals surface area contributed by atoms with Gasteiger partial charge in [0.1, 0.15) is 11.5 Å². The molecule has 0 aliphatic rings. The van der Waals surface area contributed by atoms with Gasteiger partial charge in [-0.25, -0.2) is 9.59 Å². The number of anilines is 4. The predicted molar refractivity (Wildman–Crippen MR) is 169 cm³/mol. The number of nitrogens with zero attached hydrogens (tertiary/aromatic N) is 2. The molecule has 44 heavy (non-hydrogen) atoms. The maximum absolute atomic E-state index is 11.9. The number of carbonyl (C=O) groups excluding carboxylic acids is 2. The maximum Gasteiger partial charge on any atom is 0.323 e. The number of phenols is 2. The molecular formula is C27H22Cl2N6O8S. The Hall–Kier alpha value is -5.25. The molecule has 4 aromatic rings. The minimum atomic E-state index is -0.687. The zero-order valence-corrected chi connectivity index (χ0v) is 24.7. The normalized spacial score (nSPS) is 10.1. The summed E-state index contributed by atoms with van der Waals surface area (Å²) in [5.74, 6) is -0.802. The first-order valence-electron chi connectivity index (χ1n) is 12.1. The average molecular weight is 661 g/mol. The van der Waals surface area contributed by atoms with E-state index in [4.69, 9.17) is 23.2 Å². The van der Waals surface area contributed by atoms with Crippen molar-refractivity contribution < 1.29 is 29.6 Å². The number of amides is 4. The van der Waals surface area contributed by atoms with E-state index >= 15 is 0 Å². The molecule has 0 bridgehead atoms. The fraction of sp³-hybridized carbons (Fsp3) is 0.0370. The van der Waals surface area contributed by atoms with Gasteiger partial charge in [0.25, 0.3) is 11.4 Å². The summed E-state index contributed by atoms with van der Waals surface area (Å²) in [7, 11) is 0. The summed E-state index contributed by atoms with van der Waals surface area (Å²) in [6.07, 6.45) is 1.89. The van der Waals surface area contributed by atoms with Gasteiger partial charge in [-0.1, -0.05) is 41.4 Å². The van der Waals surface area contributed by atoms with Crippen LogP contribution in [-0.2, 0) is 0 Å². The number of benzene rings is 4. The van der Waals surface area contributed by atoms with Gasteiger partial charge in [-0.3, -0.25) is 20.2 Å². The summed E-state index contributed by atoms with van der Waals surface area (Å²) in [6, 6.07) is 17.5. The monoisotopic (exact) mass is 660 g/mol. The third kappa shape index (κ3) is 9.12. The number of halogens is 2. The van der Waals surface area contributed by atoms with Gasteiger partial charge in [-0.2, -0.15) is 0 Å². The Morgan fingerprint density at radius 3 is 1.61 bits per heavy atom. The molecule has 0 heterocycles. The number of urea groups is 2. The minimum absolute atomic E-state index is 0.0150. The molecular weight excluding hydrogens is 639 g/mol. The second kappa shape index (κ2) is 15.3. The van der Waals surface area contributed by atoms with Gasteiger partial charge in [0.2, 0.25) is 0 Å². The van der Waals surface area contributed by atoms with E-state index < -0.39 is 27.7 Å². The molecule has 4 rings (SSSR count). The second-order valence-corrected chi connectivity index (χ2v) is 10.0. The van der Waals surface area contributed by atoms with E-state index in [1.165, 1.54) is 30.0 Å². The van der Waals surface area contributed by atoms with Crippen LogP contribution in [0.3, 0.4) is 0 Å². The number of nitro groups is 2. The zero-order chi connectivity index (χ0) is 32.4. The smallest absolute Gasteiger partial charge is 0.323 e. The molecule has 17 heteroatoms. The Labute approximate surface area is 263 Å². The average Bonchev–Trinajstić information content (AvgIpc) is 2.98. The number of aromatic hydroxyl groups is 2. The highest BCUT2D eigenvalue weighted by atomic mass is 35.5. The number of non-ortho nitro benzene ring substituents is 2. The number of phenolic OH excluding ortho intramolecular Hbond substituents is 2. The highest BCUT2D eigenvalue weighted by Gasteiger charge is 2.15. The number of hydrogen-bond donors (Lipinski definition) is 6. The number of para-hydroxylation sites is 1. The van der Waals surface area contributed by atoms with Crippen LogP contribution >= 0.6 is 35.0 Å². The van der Waals surface area contributed by atoms with Crippen molar-refractivity contribution in [2.24, 2.45) is 0 Å². The van der Waals surface area contributed by atoms with Crippen LogP contribution in [0.1, 0.15) is 0 Å². The van der Waals surface area contributed by atoms with Crippen molar-refractivity contribution >= 4 is 81.2 Å². The Kier molecular flexibility index (Phi) is 11.6. The standard InChI is InChI=1S/C14H13N3O4S.C13H9Cl2N3O4/c1-22-13-5-3-2-4-11(13)16-14(19)15-10-7-6-9(17(20)21)8-12(10)18;14-8-2-1-3-10(12(8)15)17-13(20)16-9-5-4-7(18(21)22)6-11(9)19/h2-8,18H,1H3,(H2,15,16,19);1-6,19H,(H2,16,17,20). The van der Waals surface area contributed by atoms with Crippen molar-refractivity contribution in [3.8, 4) is 11.5 Å². The largest absolute Gasteiger partial charge is 0.506 e. The van der Waals surface area contributed by atoms with Crippen molar-refractivity contribution in [2.45, 2.75) is 4.90 Å². The molecule has 14 nitrogen and oxygen atoms in total. The van der Waals surface area contributed by atoms with Crippen molar-refractivity contribution in [1.29, 1.82) is 0 Å². The third-order valence-corrected chi connectivity index (χ3v) is 7.05. The topological polar surface area (TPSA) is 209 Å². The molecule has 0 aliphatic heterocycles. The van der Waals surface area contributed by atoms with Crippen molar-refractivity contribution in [3.05, 3.63) is 109 Å². The summed E-state index contributed by atoms with van der Waals surface area (Å²) in [4.78, 5) is 44.6. The molecule has 0 aliphatic carbocycles. The molecule has 0 radical (unpaired) electrons. The third-order valence-electron chi connectivity index (χ3n) is 5.44. The van der Waals surface area contributed by atoms with Crippen LogP contribution in [0.5, 0.6) is 11.5 Å². The van der Waals surface area contributed by atoms with Gasteiger partial charge in [-0.05, 0) is 42.7 Å². The summed E-state index contributed by atoms with van der Waals surface area (Å²) in [5, 5.41) is 50.9. The van der Waals surface area contributed by atoms with E-state index in [2.05, 4.69) is 21.3 Å². The first kappa shape index (κ1) is 33.3. The van der Waals surface area contributed by atoms with Gasteiger partial charge in [0, 0.05) is 17.0 Å². The van der Waals surface area contributed by atoms with Crippen LogP contribution in [0.25, 0.3) is 0 Å². The Balaban J connectivity index is 0.000000240. The molecule has 0 aromatic heterocycles. The Bertz CT molecular complexity index is 1730. The van der Waals surface area contributed by atoms with Crippen LogP contribution in [-0.4, -0.2) is 38.4 Å². The van der Waals surface area contributed by atoms with Crippen LogP contribution < -0.4 is 21.3 Å². The molecule has 228 valence electrons. The number of carbonyl (C=O) groups is 2. The zero-order valence-electron chi connectivity index (χ0n) is 22.4. The van der Waals surface area contributed by atoms with Gasteiger partial charge in [0.15, 0.2) is 0 Å². The molecule has 4 amide bonds. The quantitative estimate of drug-likeness (QED) is 0.0491. The summed E-state index contributed by atoms with van der Waals surface area (Å²) >= 11 is 13.2. The Morgan fingerprint density at radius 2 is 1.14 bits per heavy atom. The van der Waals surface area contributed by atoms with Gasteiger partial charge in [-0.15, -0.1) is 11.8 Å². The number of nitro benzene ring substituents is 2. The number of nitrogens with one attached hydrogen (secondary N) is 4. The minimum Gasteiger partial charge on any atom is -0.506 e. The summed E-state index contributed by atoms with van der Waals surface area (Å²) < 4.78 is 0. The molecule has 0 unspecified atom stereocenters. The van der Waals surface area contributed by atoms with E-state index in [0.29, 0.717) is 5.69 Å². The summed E-state index contributed by atoms with van der Waals surface area (Å²) in [6.45, 7) is 0. The lowest BCUT2D eigenvalue weighted by Crippen LogP contribution is -2.19. The van der Waals surface area contributed by atoms with Crippen LogP contribution in [0.15, 0.2) is 83.8 Å². The molecule has 6 N–H and O–H groups in total. The molecule has 0 spiro atoms. The van der Waals surface area contributed by atoms with Crippen molar-refractivity contribution in [1.82, 2.24) is 0 Å². The van der Waals surface area contributed by atoms with Crippen molar-refractivity contribution in [2.75, 3.05) is 27.5 Å². The molecule has 0 atom stereocenters. The number of hydrogen-bond acceptors (Lipinski definition) is 9. The van der Waals surface area contributed by atoms with Crippen LogP contribution in [0.4, 0.5) is 43.7 Å². The van der Waals surface area contributed by atoms with E-state index in [9.17, 15) is 40.0 Å². The predicted octanol–water partition coefficient (Wildman–Crippen LogP) is 7.92. The SMILES string of the molecule is CSc1ccccc1NC(=O)Nc1ccc([N+](=O)[O-])cc1O.O=C(Nc1ccc([N+](=O)[O-])cc1O)Nc1cccc(Cl)c1Cl. The molecule has 0 saturated heterocycles. The molecule has 0 fully saturated rings. The lowest BCUT2D eigenvalue weighted by molar-refractivity contribution is -0.385. The highest BCUT2D eigenvalue weighted by molar-refractivity contribution is 7.98. The van der Waals surface area contributed by atoms with E-state index in [1.54, 1.807) is 30.3 Å². The van der Waals surface area contributed by atoms with Crippen LogP contribution in [0, 0.1) is 20.2 Å². The Morgan fingerprint density at radius 1 is 0.682 bits per heavy atom. The fourth-order valence-corrected chi connectivity index (χ4v) is 4.28. The summed E-state index contributed by atoms with van der Waals surface area (Å²) in [5.41, 5.74) is 0.477. The van der Waals surface area contributed by atoms with Gasteiger partial charge in [0.05, 0.1) is 54.8 Å². The van der Waals surface area contributed by atoms with E-state index in [-0.39, 0.29) is 44.2 Å². The van der Waals surface area contributed by atoms with Gasteiger partial charge < -0.3 is 31.5 Å². The highest BCUT2D eigenvalue weighted by Crippen LogP contribution is 2.32. The lowest BCUT2D eigenvalue weighted by Gasteiger charge is -2.11. The van der Waals surface area contributed by atoms with Crippen molar-refractivity contribution in [3.63, 3.8) is 0 Å². The molecule has 4 aromatic carbocycles. The lowest BCUT2D eigenvalue weighted by atomic mass is 10.2. The number of rotatable bonds is 7. The molecule has 0 saturated carbocycles. The number of thioether (sulfide) groups is 1. The second-order valence-electron chi connectivity index (χ2n) is 8.38. The van der Waals surface area contributed by atoms with Crippen LogP contribution in [0.2, 0.25) is 10.0 Å². The first-order valence-corrected chi connectivity index (χ1v) is 14.1.